The number of hydrogen-bond donors (Lipinski definition) is 0. The van der Waals surface area contributed by atoms with Crippen LogP contribution in [0.15, 0.2) is 0 Å². The van der Waals surface area contributed by atoms with Crippen LogP contribution in [0.25, 0.3) is 0 Å². The fourth-order valence-electron chi connectivity index (χ4n) is 3.67. The molecule has 1 nitrogen and oxygen atoms in total. The minimum atomic E-state index is 0.379. The van der Waals surface area contributed by atoms with Gasteiger partial charge in [0.15, 0.2) is 0 Å². The van der Waals surface area contributed by atoms with Crippen LogP contribution in [-0.2, 0) is 0 Å². The zero-order valence-electron chi connectivity index (χ0n) is 10.4. The highest BCUT2D eigenvalue weighted by Crippen LogP contribution is 2.58. The van der Waals surface area contributed by atoms with E-state index in [1.807, 2.05) is 0 Å². The lowest BCUT2D eigenvalue weighted by Crippen LogP contribution is -2.46. The predicted octanol–water partition coefficient (Wildman–Crippen LogP) is 3.15. The van der Waals surface area contributed by atoms with E-state index in [-0.39, 0.29) is 0 Å². The third-order valence-electron chi connectivity index (χ3n) is 4.34. The Balaban J connectivity index is 1.95. The van der Waals surface area contributed by atoms with Crippen molar-refractivity contribution >= 4 is 0 Å². The molecular formula is C13H25N. The Kier molecular flexibility index (Phi) is 2.42. The second-order valence-electron chi connectivity index (χ2n) is 6.26. The predicted molar refractivity (Wildman–Crippen MR) is 61.3 cm³/mol. The molecule has 82 valence electrons. The smallest absolute Gasteiger partial charge is 0.0128 e. The largest absolute Gasteiger partial charge is 0.295 e. The Morgan fingerprint density at radius 3 is 2.29 bits per heavy atom. The van der Waals surface area contributed by atoms with Crippen molar-refractivity contribution in [3.05, 3.63) is 0 Å². The molecule has 1 saturated heterocycles. The maximum absolute atomic E-state index is 2.70. The minimum absolute atomic E-state index is 0.379. The highest BCUT2D eigenvalue weighted by Gasteiger charge is 2.59. The molecule has 0 unspecified atom stereocenters. The summed E-state index contributed by atoms with van der Waals surface area (Å²) < 4.78 is 0. The van der Waals surface area contributed by atoms with E-state index in [0.717, 1.165) is 23.8 Å². The van der Waals surface area contributed by atoms with Crippen molar-refractivity contribution in [3.8, 4) is 0 Å². The zero-order chi connectivity index (χ0) is 10.5. The monoisotopic (exact) mass is 195 g/mol. The van der Waals surface area contributed by atoms with Crippen LogP contribution in [0.2, 0.25) is 0 Å². The lowest BCUT2D eigenvalue weighted by atomic mass is 10.0. The fourth-order valence-corrected chi connectivity index (χ4v) is 3.67. The summed E-state index contributed by atoms with van der Waals surface area (Å²) in [7, 11) is 0. The molecule has 0 aromatic rings. The van der Waals surface area contributed by atoms with Gasteiger partial charge in [0.05, 0.1) is 0 Å². The highest BCUT2D eigenvalue weighted by molar-refractivity contribution is 5.10. The molecule has 2 aliphatic rings. The first kappa shape index (κ1) is 10.5. The molecule has 4 atom stereocenters. The summed E-state index contributed by atoms with van der Waals surface area (Å²) in [6.07, 6.45) is 2.84. The standard InChI is InChI=1S/C13H25N/c1-6-7-10-11-8-14(13(3,4)5)9(2)12(10)11/h9-12H,6-8H2,1-5H3/t9-,10+,11+,12-/m1/s1. The Bertz CT molecular complexity index is 216. The van der Waals surface area contributed by atoms with E-state index in [1.165, 1.54) is 19.4 Å². The summed E-state index contributed by atoms with van der Waals surface area (Å²) in [6.45, 7) is 13.2. The molecule has 0 radical (unpaired) electrons. The molecule has 1 aliphatic heterocycles. The van der Waals surface area contributed by atoms with Crippen LogP contribution in [0.1, 0.15) is 47.5 Å². The van der Waals surface area contributed by atoms with Crippen LogP contribution in [-0.4, -0.2) is 23.0 Å². The SMILES string of the molecule is CCC[C@H]1[C@@H]2CN(C(C)(C)C)[C@H](C)[C@H]12. The first-order valence-electron chi connectivity index (χ1n) is 6.23. The Hall–Kier alpha value is -0.0400. The zero-order valence-corrected chi connectivity index (χ0v) is 10.4. The molecule has 2 fully saturated rings. The summed E-state index contributed by atoms with van der Waals surface area (Å²) in [6, 6.07) is 0.830. The maximum atomic E-state index is 2.70. The molecule has 0 N–H and O–H groups in total. The third kappa shape index (κ3) is 1.50. The van der Waals surface area contributed by atoms with Gasteiger partial charge in [-0.3, -0.25) is 4.90 Å². The molecule has 0 bridgehead atoms. The highest BCUT2D eigenvalue weighted by atomic mass is 15.3. The van der Waals surface area contributed by atoms with Gasteiger partial charge < -0.3 is 0 Å². The first-order chi connectivity index (χ1) is 6.46. The number of nitrogens with zero attached hydrogens (tertiary/aromatic N) is 1. The lowest BCUT2D eigenvalue weighted by Gasteiger charge is -2.38. The van der Waals surface area contributed by atoms with Crippen LogP contribution < -0.4 is 0 Å². The van der Waals surface area contributed by atoms with Crippen molar-refractivity contribution in [1.29, 1.82) is 0 Å². The fraction of sp³-hybridized carbons (Fsp3) is 1.00. The van der Waals surface area contributed by atoms with E-state index in [2.05, 4.69) is 39.5 Å². The normalized spacial score (nSPS) is 42.6. The quantitative estimate of drug-likeness (QED) is 0.654. The Morgan fingerprint density at radius 1 is 1.29 bits per heavy atom. The average molecular weight is 195 g/mol. The summed E-state index contributed by atoms with van der Waals surface area (Å²) in [5, 5.41) is 0. The Labute approximate surface area is 88.9 Å². The van der Waals surface area contributed by atoms with Gasteiger partial charge in [-0.2, -0.15) is 0 Å². The molecule has 1 saturated carbocycles. The van der Waals surface area contributed by atoms with E-state index in [1.54, 1.807) is 0 Å². The molecular weight excluding hydrogens is 170 g/mol. The average Bonchev–Trinajstić information content (AvgIpc) is 2.59. The Morgan fingerprint density at radius 2 is 1.93 bits per heavy atom. The molecule has 2 rings (SSSR count). The second-order valence-corrected chi connectivity index (χ2v) is 6.26. The van der Waals surface area contributed by atoms with Crippen molar-refractivity contribution in [2.45, 2.75) is 59.0 Å². The summed E-state index contributed by atoms with van der Waals surface area (Å²) >= 11 is 0. The number of likely N-dealkylation sites (tertiary alicyclic amines) is 1. The van der Waals surface area contributed by atoms with Crippen molar-refractivity contribution < 1.29 is 0 Å². The van der Waals surface area contributed by atoms with Crippen LogP contribution in [0.3, 0.4) is 0 Å². The molecule has 0 spiro atoms. The van der Waals surface area contributed by atoms with Crippen molar-refractivity contribution in [3.63, 3.8) is 0 Å². The van der Waals surface area contributed by atoms with Gasteiger partial charge >= 0.3 is 0 Å². The van der Waals surface area contributed by atoms with Crippen molar-refractivity contribution in [1.82, 2.24) is 4.90 Å². The summed E-state index contributed by atoms with van der Waals surface area (Å²) in [5.74, 6) is 3.16. The van der Waals surface area contributed by atoms with Crippen molar-refractivity contribution in [2.75, 3.05) is 6.54 Å². The van der Waals surface area contributed by atoms with Gasteiger partial charge in [-0.15, -0.1) is 0 Å². The van der Waals surface area contributed by atoms with Crippen molar-refractivity contribution in [2.24, 2.45) is 17.8 Å². The van der Waals surface area contributed by atoms with E-state index in [4.69, 9.17) is 0 Å². The third-order valence-corrected chi connectivity index (χ3v) is 4.34. The van der Waals surface area contributed by atoms with Gasteiger partial charge in [-0.1, -0.05) is 19.8 Å². The number of fused-ring (bicyclic) bond motifs is 1. The van der Waals surface area contributed by atoms with Crippen LogP contribution in [0.5, 0.6) is 0 Å². The second kappa shape index (κ2) is 3.23. The molecule has 1 heterocycles. The number of piperidine rings is 1. The van der Waals surface area contributed by atoms with Gasteiger partial charge in [0.1, 0.15) is 0 Å². The summed E-state index contributed by atoms with van der Waals surface area (Å²) in [5.41, 5.74) is 0.379. The van der Waals surface area contributed by atoms with E-state index >= 15 is 0 Å². The molecule has 1 heteroatoms. The van der Waals surface area contributed by atoms with E-state index in [0.29, 0.717) is 5.54 Å². The number of hydrogen-bond acceptors (Lipinski definition) is 1. The maximum Gasteiger partial charge on any atom is 0.0128 e. The van der Waals surface area contributed by atoms with Gasteiger partial charge in [-0.25, -0.2) is 0 Å². The summed E-state index contributed by atoms with van der Waals surface area (Å²) in [4.78, 5) is 2.70. The molecule has 0 amide bonds. The van der Waals surface area contributed by atoms with Crippen LogP contribution in [0, 0.1) is 17.8 Å². The van der Waals surface area contributed by atoms with Crippen LogP contribution in [0.4, 0.5) is 0 Å². The van der Waals surface area contributed by atoms with Gasteiger partial charge in [-0.05, 0) is 45.4 Å². The van der Waals surface area contributed by atoms with Gasteiger partial charge in [0.2, 0.25) is 0 Å². The molecule has 0 aromatic heterocycles. The number of rotatable bonds is 2. The molecule has 0 aromatic carbocycles. The first-order valence-corrected chi connectivity index (χ1v) is 6.23. The van der Waals surface area contributed by atoms with Gasteiger partial charge in [0.25, 0.3) is 0 Å². The van der Waals surface area contributed by atoms with Crippen LogP contribution >= 0.6 is 0 Å². The molecule has 1 aliphatic carbocycles. The minimum Gasteiger partial charge on any atom is -0.295 e. The van der Waals surface area contributed by atoms with Gasteiger partial charge in [0, 0.05) is 18.1 Å². The molecule has 14 heavy (non-hydrogen) atoms. The van der Waals surface area contributed by atoms with E-state index in [9.17, 15) is 0 Å². The lowest BCUT2D eigenvalue weighted by molar-refractivity contribution is 0.0988. The van der Waals surface area contributed by atoms with E-state index < -0.39 is 0 Å². The topological polar surface area (TPSA) is 3.24 Å².